The van der Waals surface area contributed by atoms with Crippen LogP contribution in [0.1, 0.15) is 20.3 Å². The fraction of sp³-hybridized carbons (Fsp3) is 0.333. The summed E-state index contributed by atoms with van der Waals surface area (Å²) in [4.78, 5) is 11.0. The van der Waals surface area contributed by atoms with Gasteiger partial charge in [0.25, 0.3) is 0 Å². The van der Waals surface area contributed by atoms with Gasteiger partial charge in [0.2, 0.25) is 5.91 Å². The third-order valence-electron chi connectivity index (χ3n) is 2.55. The molecule has 0 aromatic heterocycles. The highest BCUT2D eigenvalue weighted by molar-refractivity contribution is 6.30. The van der Waals surface area contributed by atoms with Crippen LogP contribution in [-0.2, 0) is 4.79 Å². The van der Waals surface area contributed by atoms with Gasteiger partial charge in [-0.1, -0.05) is 11.6 Å². The molecule has 1 aromatic carbocycles. The SMILES string of the molecule is CC(=O)NC1=NN(c2ccc(Cl)cc2)C(C)C1. The lowest BCUT2D eigenvalue weighted by atomic mass is 10.2. The molecule has 4 nitrogen and oxygen atoms in total. The van der Waals surface area contributed by atoms with Crippen molar-refractivity contribution >= 4 is 29.0 Å². The number of nitrogens with one attached hydrogen (secondary N) is 1. The van der Waals surface area contributed by atoms with Crippen molar-refractivity contribution < 1.29 is 4.79 Å². The zero-order chi connectivity index (χ0) is 12.4. The van der Waals surface area contributed by atoms with Crippen molar-refractivity contribution in [3.8, 4) is 0 Å². The lowest BCUT2D eigenvalue weighted by Crippen LogP contribution is -2.27. The number of hydrazone groups is 1. The number of halogens is 1. The Kier molecular flexibility index (Phi) is 3.33. The summed E-state index contributed by atoms with van der Waals surface area (Å²) in [5.74, 6) is 0.619. The van der Waals surface area contributed by atoms with Crippen molar-refractivity contribution in [1.29, 1.82) is 0 Å². The first-order valence-corrected chi connectivity index (χ1v) is 5.84. The first-order valence-electron chi connectivity index (χ1n) is 5.46. The summed E-state index contributed by atoms with van der Waals surface area (Å²) in [6.45, 7) is 3.55. The average molecular weight is 252 g/mol. The molecule has 1 unspecified atom stereocenters. The number of carbonyl (C=O) groups excluding carboxylic acids is 1. The second-order valence-corrected chi connectivity index (χ2v) is 4.54. The van der Waals surface area contributed by atoms with Crippen molar-refractivity contribution in [1.82, 2.24) is 5.32 Å². The highest BCUT2D eigenvalue weighted by Crippen LogP contribution is 2.25. The molecule has 2 rings (SSSR count). The Morgan fingerprint density at radius 2 is 2.12 bits per heavy atom. The van der Waals surface area contributed by atoms with Crippen molar-refractivity contribution in [3.05, 3.63) is 29.3 Å². The van der Waals surface area contributed by atoms with Crippen molar-refractivity contribution in [2.45, 2.75) is 26.3 Å². The number of amidine groups is 1. The molecule has 0 bridgehead atoms. The molecule has 1 amide bonds. The van der Waals surface area contributed by atoms with E-state index in [2.05, 4.69) is 17.3 Å². The maximum Gasteiger partial charge on any atom is 0.222 e. The highest BCUT2D eigenvalue weighted by atomic mass is 35.5. The quantitative estimate of drug-likeness (QED) is 0.833. The maximum absolute atomic E-state index is 11.0. The van der Waals surface area contributed by atoms with Crippen LogP contribution in [-0.4, -0.2) is 17.8 Å². The van der Waals surface area contributed by atoms with E-state index in [9.17, 15) is 4.79 Å². The Morgan fingerprint density at radius 1 is 1.47 bits per heavy atom. The van der Waals surface area contributed by atoms with Crippen LogP contribution in [0.5, 0.6) is 0 Å². The van der Waals surface area contributed by atoms with E-state index >= 15 is 0 Å². The minimum Gasteiger partial charge on any atom is -0.313 e. The van der Waals surface area contributed by atoms with E-state index in [-0.39, 0.29) is 11.9 Å². The zero-order valence-corrected chi connectivity index (χ0v) is 10.5. The average Bonchev–Trinajstić information content (AvgIpc) is 2.59. The molecule has 1 N–H and O–H groups in total. The van der Waals surface area contributed by atoms with E-state index in [0.29, 0.717) is 10.9 Å². The standard InChI is InChI=1S/C12H14ClN3O/c1-8-7-12(14-9(2)17)15-16(8)11-5-3-10(13)4-6-11/h3-6,8H,7H2,1-2H3,(H,14,15,17). The Bertz CT molecular complexity index is 455. The highest BCUT2D eigenvalue weighted by Gasteiger charge is 2.24. The van der Waals surface area contributed by atoms with E-state index < -0.39 is 0 Å². The summed E-state index contributed by atoms with van der Waals surface area (Å²) in [6.07, 6.45) is 0.738. The molecular formula is C12H14ClN3O. The fourth-order valence-corrected chi connectivity index (χ4v) is 1.95. The smallest absolute Gasteiger partial charge is 0.222 e. The van der Waals surface area contributed by atoms with Gasteiger partial charge in [-0.2, -0.15) is 5.10 Å². The fourth-order valence-electron chi connectivity index (χ4n) is 1.82. The summed E-state index contributed by atoms with van der Waals surface area (Å²) in [6, 6.07) is 7.72. The number of rotatable bonds is 1. The van der Waals surface area contributed by atoms with Crippen LogP contribution in [0.3, 0.4) is 0 Å². The summed E-state index contributed by atoms with van der Waals surface area (Å²) in [7, 11) is 0. The molecule has 1 heterocycles. The summed E-state index contributed by atoms with van der Waals surface area (Å²) in [5, 5.41) is 9.70. The van der Waals surface area contributed by atoms with Crippen LogP contribution < -0.4 is 10.3 Å². The topological polar surface area (TPSA) is 44.7 Å². The van der Waals surface area contributed by atoms with Crippen LogP contribution in [0.2, 0.25) is 5.02 Å². The Hall–Kier alpha value is -1.55. The Morgan fingerprint density at radius 3 is 2.71 bits per heavy atom. The van der Waals surface area contributed by atoms with Crippen LogP contribution in [0.15, 0.2) is 29.4 Å². The van der Waals surface area contributed by atoms with E-state index in [1.54, 1.807) is 0 Å². The Labute approximate surface area is 105 Å². The molecule has 0 saturated heterocycles. The van der Waals surface area contributed by atoms with Gasteiger partial charge in [-0.25, -0.2) is 0 Å². The van der Waals surface area contributed by atoms with Gasteiger partial charge >= 0.3 is 0 Å². The van der Waals surface area contributed by atoms with E-state index in [1.807, 2.05) is 29.3 Å². The van der Waals surface area contributed by atoms with E-state index in [0.717, 1.165) is 12.1 Å². The first kappa shape index (κ1) is 11.9. The van der Waals surface area contributed by atoms with Gasteiger partial charge in [0.1, 0.15) is 5.84 Å². The van der Waals surface area contributed by atoms with E-state index in [4.69, 9.17) is 11.6 Å². The van der Waals surface area contributed by atoms with Gasteiger partial charge in [-0.05, 0) is 31.2 Å². The molecule has 0 radical (unpaired) electrons. The molecule has 1 aromatic rings. The number of anilines is 1. The van der Waals surface area contributed by atoms with Crippen LogP contribution in [0, 0.1) is 0 Å². The molecule has 1 aliphatic rings. The number of benzene rings is 1. The normalized spacial score (nSPS) is 19.1. The van der Waals surface area contributed by atoms with Gasteiger partial charge in [0.05, 0.1) is 11.7 Å². The van der Waals surface area contributed by atoms with Gasteiger partial charge in [-0.3, -0.25) is 9.80 Å². The molecule has 17 heavy (non-hydrogen) atoms. The molecule has 5 heteroatoms. The molecule has 0 aliphatic carbocycles. The number of carbonyl (C=O) groups is 1. The largest absolute Gasteiger partial charge is 0.313 e. The molecule has 0 spiro atoms. The predicted molar refractivity (Wildman–Crippen MR) is 69.3 cm³/mol. The molecule has 0 saturated carbocycles. The summed E-state index contributed by atoms with van der Waals surface area (Å²) >= 11 is 5.84. The maximum atomic E-state index is 11.0. The van der Waals surface area contributed by atoms with E-state index in [1.165, 1.54) is 6.92 Å². The van der Waals surface area contributed by atoms with Gasteiger partial charge in [-0.15, -0.1) is 0 Å². The second kappa shape index (κ2) is 4.75. The third kappa shape index (κ3) is 2.77. The number of amides is 1. The monoisotopic (exact) mass is 251 g/mol. The van der Waals surface area contributed by atoms with Crippen LogP contribution >= 0.6 is 11.6 Å². The number of nitrogens with zero attached hydrogens (tertiary/aromatic N) is 2. The number of hydrogen-bond donors (Lipinski definition) is 1. The van der Waals surface area contributed by atoms with Crippen LogP contribution in [0.25, 0.3) is 0 Å². The Balaban J connectivity index is 2.18. The van der Waals surface area contributed by atoms with Gasteiger partial charge < -0.3 is 5.32 Å². The van der Waals surface area contributed by atoms with Crippen molar-refractivity contribution in [3.63, 3.8) is 0 Å². The van der Waals surface area contributed by atoms with Gasteiger partial charge in [0.15, 0.2) is 0 Å². The molecule has 90 valence electrons. The minimum absolute atomic E-state index is 0.0890. The second-order valence-electron chi connectivity index (χ2n) is 4.10. The molecule has 0 fully saturated rings. The molecular weight excluding hydrogens is 238 g/mol. The van der Waals surface area contributed by atoms with Crippen molar-refractivity contribution in [2.75, 3.05) is 5.01 Å². The van der Waals surface area contributed by atoms with Gasteiger partial charge in [0, 0.05) is 18.4 Å². The van der Waals surface area contributed by atoms with Crippen LogP contribution in [0.4, 0.5) is 5.69 Å². The number of hydrogen-bond acceptors (Lipinski definition) is 3. The predicted octanol–water partition coefficient (Wildman–Crippen LogP) is 2.39. The zero-order valence-electron chi connectivity index (χ0n) is 9.77. The summed E-state index contributed by atoms with van der Waals surface area (Å²) in [5.41, 5.74) is 0.974. The minimum atomic E-state index is -0.0890. The first-order chi connectivity index (χ1) is 8.06. The summed E-state index contributed by atoms with van der Waals surface area (Å²) < 4.78 is 0. The molecule has 1 atom stereocenters. The third-order valence-corrected chi connectivity index (χ3v) is 2.80. The lowest BCUT2D eigenvalue weighted by Gasteiger charge is -2.19. The lowest BCUT2D eigenvalue weighted by molar-refractivity contribution is -0.117. The van der Waals surface area contributed by atoms with Crippen molar-refractivity contribution in [2.24, 2.45) is 5.10 Å². The molecule has 1 aliphatic heterocycles.